The summed E-state index contributed by atoms with van der Waals surface area (Å²) < 4.78 is 0. The van der Waals surface area contributed by atoms with E-state index in [1.54, 1.807) is 0 Å². The van der Waals surface area contributed by atoms with Crippen LogP contribution in [0.3, 0.4) is 0 Å². The van der Waals surface area contributed by atoms with Gasteiger partial charge in [-0.3, -0.25) is 4.90 Å². The van der Waals surface area contributed by atoms with E-state index in [4.69, 9.17) is 0 Å². The van der Waals surface area contributed by atoms with E-state index in [0.717, 1.165) is 29.8 Å². The molecule has 2 heteroatoms. The second kappa shape index (κ2) is 8.53. The van der Waals surface area contributed by atoms with Gasteiger partial charge in [-0.25, -0.2) is 0 Å². The van der Waals surface area contributed by atoms with Crippen molar-refractivity contribution in [1.29, 1.82) is 0 Å². The molecule has 0 aromatic heterocycles. The molecule has 0 bridgehead atoms. The third-order valence-corrected chi connectivity index (χ3v) is 5.53. The third kappa shape index (κ3) is 5.56. The fourth-order valence-electron chi connectivity index (χ4n) is 3.95. The second-order valence-electron chi connectivity index (χ2n) is 8.01. The molecule has 0 radical (unpaired) electrons. The molecule has 124 valence electrons. The van der Waals surface area contributed by atoms with Gasteiger partial charge in [0.1, 0.15) is 0 Å². The summed E-state index contributed by atoms with van der Waals surface area (Å²) in [6.07, 6.45) is 9.82. The van der Waals surface area contributed by atoms with Gasteiger partial charge >= 0.3 is 0 Å². The van der Waals surface area contributed by atoms with E-state index >= 15 is 0 Å². The van der Waals surface area contributed by atoms with E-state index in [1.165, 1.54) is 64.6 Å². The van der Waals surface area contributed by atoms with Crippen molar-refractivity contribution < 1.29 is 0 Å². The Morgan fingerprint density at radius 3 is 2.52 bits per heavy atom. The standard InChI is InChI=1S/C19H38N2/c1-5-7-8-16(6-2)13-21-14-19(17-9-10-17)20-12-18(21)11-15(3)4/h15-20H,5-14H2,1-4H3. The molecule has 1 N–H and O–H groups in total. The first-order chi connectivity index (χ1) is 10.1. The monoisotopic (exact) mass is 294 g/mol. The average molecular weight is 295 g/mol. The highest BCUT2D eigenvalue weighted by Gasteiger charge is 2.37. The van der Waals surface area contributed by atoms with Crippen molar-refractivity contribution in [2.75, 3.05) is 19.6 Å². The van der Waals surface area contributed by atoms with Gasteiger partial charge in [-0.2, -0.15) is 0 Å². The molecule has 3 unspecified atom stereocenters. The number of piperazine rings is 1. The van der Waals surface area contributed by atoms with Crippen LogP contribution in [-0.2, 0) is 0 Å². The van der Waals surface area contributed by atoms with Crippen molar-refractivity contribution in [3.63, 3.8) is 0 Å². The fourth-order valence-corrected chi connectivity index (χ4v) is 3.95. The van der Waals surface area contributed by atoms with Crippen LogP contribution in [0.25, 0.3) is 0 Å². The summed E-state index contributed by atoms with van der Waals surface area (Å²) in [4.78, 5) is 2.86. The topological polar surface area (TPSA) is 15.3 Å². The van der Waals surface area contributed by atoms with Crippen LogP contribution in [0.4, 0.5) is 0 Å². The molecule has 0 aromatic carbocycles. The van der Waals surface area contributed by atoms with Crippen molar-refractivity contribution in [2.45, 2.75) is 84.7 Å². The zero-order valence-electron chi connectivity index (χ0n) is 14.9. The van der Waals surface area contributed by atoms with E-state index in [9.17, 15) is 0 Å². The highest BCUT2D eigenvalue weighted by atomic mass is 15.2. The summed E-state index contributed by atoms with van der Waals surface area (Å²) in [5.74, 6) is 2.72. The van der Waals surface area contributed by atoms with Crippen LogP contribution in [0.1, 0.15) is 72.6 Å². The van der Waals surface area contributed by atoms with E-state index in [2.05, 4.69) is 37.9 Å². The lowest BCUT2D eigenvalue weighted by atomic mass is 9.93. The largest absolute Gasteiger partial charge is 0.311 e. The van der Waals surface area contributed by atoms with Gasteiger partial charge in [-0.15, -0.1) is 0 Å². The number of unbranched alkanes of at least 4 members (excludes halogenated alkanes) is 1. The maximum Gasteiger partial charge on any atom is 0.0224 e. The molecule has 2 nitrogen and oxygen atoms in total. The highest BCUT2D eigenvalue weighted by Crippen LogP contribution is 2.35. The summed E-state index contributed by atoms with van der Waals surface area (Å²) in [6.45, 7) is 13.3. The predicted octanol–water partition coefficient (Wildman–Crippen LogP) is 4.30. The Balaban J connectivity index is 1.90. The smallest absolute Gasteiger partial charge is 0.0224 e. The maximum absolute atomic E-state index is 3.86. The van der Waals surface area contributed by atoms with Crippen molar-refractivity contribution in [3.05, 3.63) is 0 Å². The lowest BCUT2D eigenvalue weighted by molar-refractivity contribution is 0.0866. The first-order valence-corrected chi connectivity index (χ1v) is 9.61. The first kappa shape index (κ1) is 17.3. The Bertz CT molecular complexity index is 285. The highest BCUT2D eigenvalue weighted by molar-refractivity contribution is 4.95. The molecule has 1 saturated carbocycles. The van der Waals surface area contributed by atoms with E-state index < -0.39 is 0 Å². The van der Waals surface area contributed by atoms with Gasteiger partial charge in [-0.05, 0) is 43.4 Å². The molecular formula is C19H38N2. The molecule has 1 aliphatic carbocycles. The van der Waals surface area contributed by atoms with Gasteiger partial charge in [0.15, 0.2) is 0 Å². The van der Waals surface area contributed by atoms with Crippen LogP contribution >= 0.6 is 0 Å². The van der Waals surface area contributed by atoms with Gasteiger partial charge < -0.3 is 5.32 Å². The molecule has 1 heterocycles. The summed E-state index contributed by atoms with van der Waals surface area (Å²) in [5, 5.41) is 3.86. The first-order valence-electron chi connectivity index (χ1n) is 9.61. The lowest BCUT2D eigenvalue weighted by Crippen LogP contribution is -2.58. The number of nitrogens with zero attached hydrogens (tertiary/aromatic N) is 1. The second-order valence-corrected chi connectivity index (χ2v) is 8.01. The minimum absolute atomic E-state index is 0.774. The van der Waals surface area contributed by atoms with Crippen molar-refractivity contribution >= 4 is 0 Å². The minimum Gasteiger partial charge on any atom is -0.311 e. The van der Waals surface area contributed by atoms with Gasteiger partial charge in [0.2, 0.25) is 0 Å². The van der Waals surface area contributed by atoms with Crippen molar-refractivity contribution in [2.24, 2.45) is 17.8 Å². The Hall–Kier alpha value is -0.0800. The van der Waals surface area contributed by atoms with Gasteiger partial charge in [0.05, 0.1) is 0 Å². The molecule has 0 amide bonds. The maximum atomic E-state index is 3.86. The fraction of sp³-hybridized carbons (Fsp3) is 1.00. The van der Waals surface area contributed by atoms with Crippen LogP contribution in [0.5, 0.6) is 0 Å². The van der Waals surface area contributed by atoms with Gasteiger partial charge in [0.25, 0.3) is 0 Å². The Morgan fingerprint density at radius 1 is 1.19 bits per heavy atom. The zero-order valence-corrected chi connectivity index (χ0v) is 14.9. The SMILES string of the molecule is CCCCC(CC)CN1CC(C2CC2)NCC1CC(C)C. The predicted molar refractivity (Wildman–Crippen MR) is 92.6 cm³/mol. The van der Waals surface area contributed by atoms with Crippen LogP contribution < -0.4 is 5.32 Å². The quantitative estimate of drug-likeness (QED) is 0.682. The van der Waals surface area contributed by atoms with E-state index in [1.807, 2.05) is 0 Å². The number of rotatable bonds is 9. The molecule has 1 aliphatic heterocycles. The lowest BCUT2D eigenvalue weighted by Gasteiger charge is -2.43. The molecule has 21 heavy (non-hydrogen) atoms. The Kier molecular flexibility index (Phi) is 7.01. The zero-order chi connectivity index (χ0) is 15.2. The van der Waals surface area contributed by atoms with Gasteiger partial charge in [0, 0.05) is 31.7 Å². The molecule has 2 aliphatic rings. The molecule has 3 atom stereocenters. The van der Waals surface area contributed by atoms with Crippen LogP contribution in [-0.4, -0.2) is 36.6 Å². The summed E-state index contributed by atoms with van der Waals surface area (Å²) >= 11 is 0. The number of nitrogens with one attached hydrogen (secondary N) is 1. The summed E-state index contributed by atoms with van der Waals surface area (Å²) in [7, 11) is 0. The van der Waals surface area contributed by atoms with Crippen molar-refractivity contribution in [1.82, 2.24) is 10.2 Å². The number of hydrogen-bond acceptors (Lipinski definition) is 2. The van der Waals surface area contributed by atoms with Crippen LogP contribution in [0.2, 0.25) is 0 Å². The van der Waals surface area contributed by atoms with Crippen molar-refractivity contribution in [3.8, 4) is 0 Å². The van der Waals surface area contributed by atoms with Crippen LogP contribution in [0.15, 0.2) is 0 Å². The summed E-state index contributed by atoms with van der Waals surface area (Å²) in [5.41, 5.74) is 0. The summed E-state index contributed by atoms with van der Waals surface area (Å²) in [6, 6.07) is 1.56. The van der Waals surface area contributed by atoms with Gasteiger partial charge in [-0.1, -0.05) is 47.0 Å². The van der Waals surface area contributed by atoms with E-state index in [0.29, 0.717) is 0 Å². The number of hydrogen-bond donors (Lipinski definition) is 1. The molecule has 0 aromatic rings. The average Bonchev–Trinajstić information content (AvgIpc) is 3.29. The third-order valence-electron chi connectivity index (χ3n) is 5.53. The van der Waals surface area contributed by atoms with Crippen LogP contribution in [0, 0.1) is 17.8 Å². The molecule has 2 rings (SSSR count). The molecule has 1 saturated heterocycles. The minimum atomic E-state index is 0.774. The van der Waals surface area contributed by atoms with E-state index in [-0.39, 0.29) is 0 Å². The molecular weight excluding hydrogens is 256 g/mol. The molecule has 0 spiro atoms. The normalized spacial score (nSPS) is 29.0. The Morgan fingerprint density at radius 2 is 1.95 bits per heavy atom. The Labute approximate surface area is 133 Å². The molecule has 2 fully saturated rings.